The van der Waals surface area contributed by atoms with Gasteiger partial charge in [0.1, 0.15) is 40.9 Å². The summed E-state index contributed by atoms with van der Waals surface area (Å²) in [5.41, 5.74) is 5.82. The number of carboxylic acid groups (broad SMARTS) is 1. The molecule has 0 radical (unpaired) electrons. The van der Waals surface area contributed by atoms with Crippen molar-refractivity contribution in [3.8, 4) is 5.75 Å². The fourth-order valence-electron chi connectivity index (χ4n) is 6.20. The first-order valence-corrected chi connectivity index (χ1v) is 15.5. The number of aromatic nitrogens is 1. The predicted octanol–water partition coefficient (Wildman–Crippen LogP) is 0.635. The zero-order valence-corrected chi connectivity index (χ0v) is 25.9. The van der Waals surface area contributed by atoms with Gasteiger partial charge in [-0.3, -0.25) is 33.7 Å². The number of carbonyl (C=O) groups is 6. The maximum absolute atomic E-state index is 14.2. The number of aromatic amines is 1. The summed E-state index contributed by atoms with van der Waals surface area (Å²) < 4.78 is -0.964. The highest BCUT2D eigenvalue weighted by atomic mass is 32.2. The zero-order chi connectivity index (χ0) is 33.9. The third-order valence-electron chi connectivity index (χ3n) is 8.59. The quantitative estimate of drug-likeness (QED) is 0.192. The first-order chi connectivity index (χ1) is 22.2. The van der Waals surface area contributed by atoms with Crippen molar-refractivity contribution in [3.05, 3.63) is 70.0 Å². The molecule has 4 heterocycles. The average Bonchev–Trinajstić information content (AvgIpc) is 3.57. The molecule has 2 unspecified atom stereocenters. The fraction of sp³-hybridized carbons (Fsp3) is 0.323. The van der Waals surface area contributed by atoms with E-state index in [1.165, 1.54) is 42.5 Å². The minimum atomic E-state index is -1.48. The van der Waals surface area contributed by atoms with Gasteiger partial charge in [0.2, 0.25) is 17.2 Å². The van der Waals surface area contributed by atoms with Gasteiger partial charge in [0.25, 0.3) is 17.7 Å². The van der Waals surface area contributed by atoms with Crippen molar-refractivity contribution in [2.24, 2.45) is 5.73 Å². The second-order valence-electron chi connectivity index (χ2n) is 12.1. The standard InChI is InChI=1S/C31H30N6O9S/c1-31(2)24(30(45)46)37-28(44)22(29(37)47-31)36(27(43)21(32)13-3-6-15(38)7-4-13)26(42)17-12-33-19-11-14(5-8-16(19)23(17)40)34-25(41)18-9-10-20(39)35-18/h3-8,11-12,18,21-22,24,29,38H,9-10,32H2,1-2H3,(H,33,40)(H,34,41)(H,35,39)(H,45,46)/t18?,21?,22-,24+,29-/m1/s1. The summed E-state index contributed by atoms with van der Waals surface area (Å²) in [6, 6.07) is 4.81. The predicted molar refractivity (Wildman–Crippen MR) is 168 cm³/mol. The molecular formula is C31H30N6O9S. The molecule has 1 aromatic heterocycles. The lowest BCUT2D eigenvalue weighted by molar-refractivity contribution is -0.166. The number of nitrogens with one attached hydrogen (secondary N) is 3. The van der Waals surface area contributed by atoms with Crippen LogP contribution >= 0.6 is 11.8 Å². The number of nitrogens with zero attached hydrogens (tertiary/aromatic N) is 2. The highest BCUT2D eigenvalue weighted by Crippen LogP contribution is 2.52. The number of nitrogens with two attached hydrogens (primary N) is 1. The molecule has 244 valence electrons. The van der Waals surface area contributed by atoms with E-state index in [0.29, 0.717) is 17.0 Å². The van der Waals surface area contributed by atoms with E-state index in [9.17, 15) is 43.8 Å². The van der Waals surface area contributed by atoms with Crippen LogP contribution < -0.4 is 21.8 Å². The number of fused-ring (bicyclic) bond motifs is 2. The van der Waals surface area contributed by atoms with Crippen LogP contribution in [0, 0.1) is 0 Å². The molecule has 3 saturated heterocycles. The molecule has 5 atom stereocenters. The van der Waals surface area contributed by atoms with Crippen molar-refractivity contribution < 1.29 is 39.0 Å². The molecule has 0 bridgehead atoms. The van der Waals surface area contributed by atoms with E-state index in [2.05, 4.69) is 15.6 Å². The summed E-state index contributed by atoms with van der Waals surface area (Å²) in [6.45, 7) is 3.29. The topological polar surface area (TPSA) is 232 Å². The van der Waals surface area contributed by atoms with Crippen molar-refractivity contribution in [1.82, 2.24) is 20.1 Å². The number of carbonyl (C=O) groups excluding carboxylic acids is 5. The molecule has 3 fully saturated rings. The van der Waals surface area contributed by atoms with Crippen LogP contribution in [-0.2, 0) is 24.0 Å². The second kappa shape index (κ2) is 11.5. The van der Waals surface area contributed by atoms with Crippen molar-refractivity contribution >= 4 is 63.9 Å². The number of benzene rings is 2. The van der Waals surface area contributed by atoms with E-state index in [-0.39, 0.29) is 34.5 Å². The van der Waals surface area contributed by atoms with Gasteiger partial charge >= 0.3 is 5.97 Å². The summed E-state index contributed by atoms with van der Waals surface area (Å²) >= 11 is 1.12. The molecule has 15 nitrogen and oxygen atoms in total. The number of H-pyrrole nitrogens is 1. The third kappa shape index (κ3) is 5.38. The number of amides is 5. The molecule has 0 spiro atoms. The van der Waals surface area contributed by atoms with E-state index in [1.807, 2.05) is 0 Å². The van der Waals surface area contributed by atoms with Gasteiger partial charge in [-0.2, -0.15) is 0 Å². The molecule has 3 aromatic rings. The number of phenolic OH excluding ortho intramolecular Hbond substituents is 1. The van der Waals surface area contributed by atoms with Gasteiger partial charge in [-0.05, 0) is 56.2 Å². The highest BCUT2D eigenvalue weighted by molar-refractivity contribution is 8.01. The van der Waals surface area contributed by atoms with Crippen molar-refractivity contribution in [2.75, 3.05) is 5.32 Å². The van der Waals surface area contributed by atoms with Crippen LogP contribution in [0.5, 0.6) is 5.75 Å². The number of imide groups is 1. The van der Waals surface area contributed by atoms with Gasteiger partial charge < -0.3 is 36.5 Å². The molecule has 6 rings (SSSR count). The van der Waals surface area contributed by atoms with Gasteiger partial charge in [0, 0.05) is 28.4 Å². The molecule has 5 amide bonds. The smallest absolute Gasteiger partial charge is 0.327 e. The second-order valence-corrected chi connectivity index (χ2v) is 13.8. The van der Waals surface area contributed by atoms with Gasteiger partial charge in [0.05, 0.1) is 5.52 Å². The SMILES string of the molecule is CC1(C)S[C@@H]2[C@H](N(C(=O)c3c[nH]c4cc(NC(=O)C5CCC(=O)N5)ccc4c3=O)C(=O)C(N)c3ccc(O)cc3)C(=O)N2[C@H]1C(=O)O. The Labute approximate surface area is 270 Å². The van der Waals surface area contributed by atoms with Crippen molar-refractivity contribution in [2.45, 2.75) is 61.0 Å². The monoisotopic (exact) mass is 662 g/mol. The van der Waals surface area contributed by atoms with E-state index in [1.54, 1.807) is 13.8 Å². The molecule has 0 aliphatic carbocycles. The van der Waals surface area contributed by atoms with Gasteiger partial charge in [-0.1, -0.05) is 12.1 Å². The molecule has 7 N–H and O–H groups in total. The third-order valence-corrected chi connectivity index (χ3v) is 10.1. The summed E-state index contributed by atoms with van der Waals surface area (Å²) in [7, 11) is 0. The Kier molecular flexibility index (Phi) is 7.80. The Balaban J connectivity index is 1.35. The maximum atomic E-state index is 14.2. The average molecular weight is 663 g/mol. The van der Waals surface area contributed by atoms with Gasteiger partial charge in [0.15, 0.2) is 0 Å². The first-order valence-electron chi connectivity index (χ1n) is 14.6. The number of carboxylic acids is 1. The molecular weight excluding hydrogens is 632 g/mol. The minimum absolute atomic E-state index is 0.0436. The number of β-lactam (4-membered cyclic amide) rings is 1. The summed E-state index contributed by atoms with van der Waals surface area (Å²) in [4.78, 5) is 96.1. The first kappa shape index (κ1) is 31.7. The molecule has 0 saturated carbocycles. The van der Waals surface area contributed by atoms with Crippen LogP contribution in [0.1, 0.15) is 48.7 Å². The number of rotatable bonds is 7. The number of aromatic hydroxyl groups is 1. The maximum Gasteiger partial charge on any atom is 0.327 e. The van der Waals surface area contributed by atoms with Crippen molar-refractivity contribution in [1.29, 1.82) is 0 Å². The van der Waals surface area contributed by atoms with Crippen LogP contribution in [-0.4, -0.2) is 88.7 Å². The van der Waals surface area contributed by atoms with E-state index in [0.717, 1.165) is 22.9 Å². The molecule has 3 aliphatic rings. The Morgan fingerprint density at radius 3 is 2.45 bits per heavy atom. The molecule has 3 aliphatic heterocycles. The summed E-state index contributed by atoms with van der Waals surface area (Å²) in [5, 5.41) is 23.9. The number of pyridine rings is 1. The zero-order valence-electron chi connectivity index (χ0n) is 25.1. The van der Waals surface area contributed by atoms with Crippen LogP contribution in [0.2, 0.25) is 0 Å². The Morgan fingerprint density at radius 1 is 1.11 bits per heavy atom. The number of thioether (sulfide) groups is 1. The molecule has 2 aromatic carbocycles. The number of aliphatic carboxylic acids is 1. The minimum Gasteiger partial charge on any atom is -0.508 e. The number of anilines is 1. The summed E-state index contributed by atoms with van der Waals surface area (Å²) in [5.74, 6) is -4.89. The molecule has 16 heteroatoms. The van der Waals surface area contributed by atoms with Crippen LogP contribution in [0.3, 0.4) is 0 Å². The number of hydrogen-bond donors (Lipinski definition) is 6. The largest absolute Gasteiger partial charge is 0.508 e. The van der Waals surface area contributed by atoms with E-state index in [4.69, 9.17) is 5.73 Å². The van der Waals surface area contributed by atoms with Crippen LogP contribution in [0.15, 0.2) is 53.5 Å². The van der Waals surface area contributed by atoms with Crippen molar-refractivity contribution in [3.63, 3.8) is 0 Å². The lowest BCUT2D eigenvalue weighted by atomic mass is 9.94. The Hall–Kier alpha value is -5.22. The Bertz CT molecular complexity index is 1930. The van der Waals surface area contributed by atoms with E-state index < -0.39 is 74.9 Å². The fourth-order valence-corrected chi connectivity index (χ4v) is 7.87. The number of hydrogen-bond acceptors (Lipinski definition) is 10. The lowest BCUT2D eigenvalue weighted by Gasteiger charge is -2.47. The Morgan fingerprint density at radius 2 is 1.81 bits per heavy atom. The highest BCUT2D eigenvalue weighted by Gasteiger charge is 2.66. The molecule has 47 heavy (non-hydrogen) atoms. The van der Waals surface area contributed by atoms with Crippen LogP contribution in [0.4, 0.5) is 5.69 Å². The normalized spacial score (nSPS) is 23.4. The lowest BCUT2D eigenvalue weighted by Crippen LogP contribution is -2.72. The van der Waals surface area contributed by atoms with E-state index >= 15 is 0 Å². The van der Waals surface area contributed by atoms with Gasteiger partial charge in [-0.25, -0.2) is 4.79 Å². The number of phenols is 1. The summed E-state index contributed by atoms with van der Waals surface area (Å²) in [6.07, 6.45) is 1.68. The van der Waals surface area contributed by atoms with Gasteiger partial charge in [-0.15, -0.1) is 11.8 Å². The van der Waals surface area contributed by atoms with Crippen LogP contribution in [0.25, 0.3) is 10.9 Å².